The van der Waals surface area contributed by atoms with Crippen LogP contribution in [0.2, 0.25) is 0 Å². The molecule has 1 amide bonds. The molecule has 0 aliphatic rings. The van der Waals surface area contributed by atoms with Crippen LogP contribution in [0.25, 0.3) is 0 Å². The van der Waals surface area contributed by atoms with Crippen molar-refractivity contribution in [3.63, 3.8) is 0 Å². The van der Waals surface area contributed by atoms with Crippen LogP contribution in [0.1, 0.15) is 26.3 Å². The molecule has 1 rings (SSSR count). The van der Waals surface area contributed by atoms with Crippen molar-refractivity contribution in [1.82, 2.24) is 5.32 Å². The number of nitrogens with two attached hydrogens (primary N) is 1. The van der Waals surface area contributed by atoms with E-state index in [1.807, 2.05) is 44.2 Å². The Bertz CT molecular complexity index is 388. The Balaban J connectivity index is 2.83. The maximum Gasteiger partial charge on any atom is 0.244 e. The van der Waals surface area contributed by atoms with Gasteiger partial charge < -0.3 is 16.2 Å². The normalized spacial score (nSPS) is 16.1. The number of carbonyl (C=O) groups excluding carboxylic acids is 1. The zero-order chi connectivity index (χ0) is 13.8. The van der Waals surface area contributed by atoms with Gasteiger partial charge in [-0.05, 0) is 18.4 Å². The van der Waals surface area contributed by atoms with E-state index in [0.29, 0.717) is 0 Å². The minimum absolute atomic E-state index is 0.0890. The molecule has 1 aromatic rings. The smallest absolute Gasteiger partial charge is 0.244 e. The minimum atomic E-state index is -1.09. The molecule has 0 spiro atoms. The van der Waals surface area contributed by atoms with Gasteiger partial charge in [0.1, 0.15) is 5.54 Å². The maximum atomic E-state index is 12.2. The lowest BCUT2D eigenvalue weighted by Gasteiger charge is -2.28. The van der Waals surface area contributed by atoms with Crippen LogP contribution in [0.15, 0.2) is 30.3 Å². The SMILES string of the molecule is CC(C)[C@@H](CO)NC(=O)C(C)(N)c1ccccc1. The molecule has 4 N–H and O–H groups in total. The lowest BCUT2D eigenvalue weighted by atomic mass is 9.91. The van der Waals surface area contributed by atoms with Crippen molar-refractivity contribution in [1.29, 1.82) is 0 Å². The summed E-state index contributed by atoms with van der Waals surface area (Å²) in [5.41, 5.74) is 5.75. The average Bonchev–Trinajstić information content (AvgIpc) is 2.36. The molecule has 0 bridgehead atoms. The van der Waals surface area contributed by atoms with Gasteiger partial charge in [-0.3, -0.25) is 4.79 Å². The Kier molecular flexibility index (Phi) is 4.87. The third-order valence-corrected chi connectivity index (χ3v) is 3.16. The molecule has 4 nitrogen and oxygen atoms in total. The zero-order valence-corrected chi connectivity index (χ0v) is 11.2. The molecule has 1 aromatic carbocycles. The fourth-order valence-electron chi connectivity index (χ4n) is 1.66. The number of benzene rings is 1. The van der Waals surface area contributed by atoms with Gasteiger partial charge in [-0.2, -0.15) is 0 Å². The number of carbonyl (C=O) groups is 1. The van der Waals surface area contributed by atoms with Gasteiger partial charge in [0.05, 0.1) is 12.6 Å². The van der Waals surface area contributed by atoms with E-state index >= 15 is 0 Å². The second-order valence-electron chi connectivity index (χ2n) is 5.07. The standard InChI is InChI=1S/C14H22N2O2/c1-10(2)12(9-17)16-13(18)14(3,15)11-7-5-4-6-8-11/h4-8,10,12,17H,9,15H2,1-3H3,(H,16,18)/t12-,14?/m1/s1. The average molecular weight is 250 g/mol. The predicted octanol–water partition coefficient (Wildman–Crippen LogP) is 0.994. The molecule has 0 radical (unpaired) electrons. The van der Waals surface area contributed by atoms with E-state index in [1.165, 1.54) is 0 Å². The van der Waals surface area contributed by atoms with E-state index in [9.17, 15) is 9.90 Å². The first kappa shape index (κ1) is 14.7. The summed E-state index contributed by atoms with van der Waals surface area (Å²) in [7, 11) is 0. The van der Waals surface area contributed by atoms with Gasteiger partial charge in [-0.25, -0.2) is 0 Å². The molecule has 18 heavy (non-hydrogen) atoms. The summed E-state index contributed by atoms with van der Waals surface area (Å²) < 4.78 is 0. The van der Waals surface area contributed by atoms with Crippen LogP contribution >= 0.6 is 0 Å². The summed E-state index contributed by atoms with van der Waals surface area (Å²) in [6.07, 6.45) is 0. The van der Waals surface area contributed by atoms with Gasteiger partial charge in [0.15, 0.2) is 0 Å². The fraction of sp³-hybridized carbons (Fsp3) is 0.500. The molecule has 2 atom stereocenters. The van der Waals surface area contributed by atoms with Gasteiger partial charge in [-0.1, -0.05) is 44.2 Å². The largest absolute Gasteiger partial charge is 0.394 e. The van der Waals surface area contributed by atoms with Gasteiger partial charge in [0.2, 0.25) is 5.91 Å². The summed E-state index contributed by atoms with van der Waals surface area (Å²) in [5, 5.41) is 12.0. The van der Waals surface area contributed by atoms with Crippen molar-refractivity contribution in [2.45, 2.75) is 32.4 Å². The lowest BCUT2D eigenvalue weighted by Crippen LogP contribution is -2.54. The maximum absolute atomic E-state index is 12.2. The van der Waals surface area contributed by atoms with Crippen molar-refractivity contribution in [2.75, 3.05) is 6.61 Å². The molecule has 1 unspecified atom stereocenters. The van der Waals surface area contributed by atoms with Crippen molar-refractivity contribution in [3.8, 4) is 0 Å². The third-order valence-electron chi connectivity index (χ3n) is 3.16. The number of aliphatic hydroxyl groups excluding tert-OH is 1. The fourth-order valence-corrected chi connectivity index (χ4v) is 1.66. The number of amides is 1. The summed E-state index contributed by atoms with van der Waals surface area (Å²) in [5.74, 6) is -0.119. The number of hydrogen-bond donors (Lipinski definition) is 3. The van der Waals surface area contributed by atoms with Crippen molar-refractivity contribution < 1.29 is 9.90 Å². The van der Waals surface area contributed by atoms with Crippen LogP contribution in [0.5, 0.6) is 0 Å². The Morgan fingerprint density at radius 1 is 1.39 bits per heavy atom. The first-order valence-electron chi connectivity index (χ1n) is 6.15. The number of rotatable bonds is 5. The predicted molar refractivity (Wildman–Crippen MR) is 71.8 cm³/mol. The molecule has 0 saturated carbocycles. The summed E-state index contributed by atoms with van der Waals surface area (Å²) in [4.78, 5) is 12.2. The molecule has 0 aliphatic heterocycles. The van der Waals surface area contributed by atoms with E-state index in [0.717, 1.165) is 5.56 Å². The van der Waals surface area contributed by atoms with Gasteiger partial charge >= 0.3 is 0 Å². The van der Waals surface area contributed by atoms with E-state index in [-0.39, 0.29) is 24.5 Å². The highest BCUT2D eigenvalue weighted by Gasteiger charge is 2.32. The zero-order valence-electron chi connectivity index (χ0n) is 11.2. The molecule has 0 saturated heterocycles. The molecular weight excluding hydrogens is 228 g/mol. The van der Waals surface area contributed by atoms with Gasteiger partial charge in [0.25, 0.3) is 0 Å². The molecule has 0 fully saturated rings. The van der Waals surface area contributed by atoms with Gasteiger partial charge in [0, 0.05) is 0 Å². The Labute approximate surface area is 108 Å². The molecule has 0 heterocycles. The molecule has 0 aliphatic carbocycles. The summed E-state index contributed by atoms with van der Waals surface area (Å²) in [6, 6.07) is 8.94. The van der Waals surface area contributed by atoms with E-state index in [4.69, 9.17) is 5.73 Å². The van der Waals surface area contributed by atoms with Crippen LogP contribution in [0.4, 0.5) is 0 Å². The van der Waals surface area contributed by atoms with Crippen molar-refractivity contribution >= 4 is 5.91 Å². The first-order chi connectivity index (χ1) is 8.39. The van der Waals surface area contributed by atoms with Crippen LogP contribution in [-0.4, -0.2) is 23.7 Å². The van der Waals surface area contributed by atoms with Crippen LogP contribution in [-0.2, 0) is 10.3 Å². The third kappa shape index (κ3) is 3.31. The second-order valence-corrected chi connectivity index (χ2v) is 5.07. The highest BCUT2D eigenvalue weighted by atomic mass is 16.3. The van der Waals surface area contributed by atoms with Crippen LogP contribution in [0, 0.1) is 5.92 Å². The first-order valence-corrected chi connectivity index (χ1v) is 6.15. The molecule has 100 valence electrons. The van der Waals surface area contributed by atoms with E-state index in [2.05, 4.69) is 5.32 Å². The lowest BCUT2D eigenvalue weighted by molar-refractivity contribution is -0.127. The Morgan fingerprint density at radius 2 is 1.94 bits per heavy atom. The van der Waals surface area contributed by atoms with E-state index in [1.54, 1.807) is 6.92 Å². The number of nitrogens with one attached hydrogen (secondary N) is 1. The van der Waals surface area contributed by atoms with Gasteiger partial charge in [-0.15, -0.1) is 0 Å². The number of hydrogen-bond acceptors (Lipinski definition) is 3. The second kappa shape index (κ2) is 5.98. The Hall–Kier alpha value is -1.39. The highest BCUT2D eigenvalue weighted by Crippen LogP contribution is 2.18. The number of aliphatic hydroxyl groups is 1. The summed E-state index contributed by atoms with van der Waals surface area (Å²) in [6.45, 7) is 5.47. The summed E-state index contributed by atoms with van der Waals surface area (Å²) >= 11 is 0. The van der Waals surface area contributed by atoms with Crippen molar-refractivity contribution in [2.24, 2.45) is 11.7 Å². The van der Waals surface area contributed by atoms with E-state index < -0.39 is 5.54 Å². The molecule has 4 heteroatoms. The minimum Gasteiger partial charge on any atom is -0.394 e. The van der Waals surface area contributed by atoms with Crippen LogP contribution in [0.3, 0.4) is 0 Å². The molecular formula is C14H22N2O2. The molecule has 0 aromatic heterocycles. The Morgan fingerprint density at radius 3 is 2.39 bits per heavy atom. The quantitative estimate of drug-likeness (QED) is 0.729. The van der Waals surface area contributed by atoms with Crippen molar-refractivity contribution in [3.05, 3.63) is 35.9 Å². The highest BCUT2D eigenvalue weighted by molar-refractivity contribution is 5.87. The van der Waals surface area contributed by atoms with Crippen LogP contribution < -0.4 is 11.1 Å². The topological polar surface area (TPSA) is 75.3 Å². The monoisotopic (exact) mass is 250 g/mol.